The smallest absolute Gasteiger partial charge is 0.255 e. The number of benzene rings is 1. The van der Waals surface area contributed by atoms with Crippen molar-refractivity contribution in [3.05, 3.63) is 29.3 Å². The van der Waals surface area contributed by atoms with Gasteiger partial charge in [-0.05, 0) is 30.9 Å². The molecule has 1 aromatic carbocycles. The summed E-state index contributed by atoms with van der Waals surface area (Å²) in [6.45, 7) is 8.24. The van der Waals surface area contributed by atoms with Crippen LogP contribution in [0.4, 0.5) is 0 Å². The molecule has 1 rings (SSSR count). The number of aryl methyl sites for hydroxylation is 1. The predicted molar refractivity (Wildman–Crippen MR) is 83.8 cm³/mol. The number of amides is 1. The van der Waals surface area contributed by atoms with Crippen LogP contribution in [0.1, 0.15) is 43.1 Å². The Balaban J connectivity index is 2.97. The van der Waals surface area contributed by atoms with E-state index in [1.54, 1.807) is 7.11 Å². The van der Waals surface area contributed by atoms with Crippen LogP contribution in [0.15, 0.2) is 18.2 Å². The van der Waals surface area contributed by atoms with Gasteiger partial charge in [0.2, 0.25) is 0 Å². The Hall–Kier alpha value is -1.22. The summed E-state index contributed by atoms with van der Waals surface area (Å²) in [5.41, 5.74) is 1.55. The van der Waals surface area contributed by atoms with Gasteiger partial charge in [0.15, 0.2) is 0 Å². The number of carbonyl (C=O) groups excluding carboxylic acids is 1. The molecule has 0 aliphatic heterocycles. The minimum absolute atomic E-state index is 0.0257. The van der Waals surface area contributed by atoms with Crippen molar-refractivity contribution >= 4 is 17.5 Å². The van der Waals surface area contributed by atoms with Crippen LogP contribution in [-0.2, 0) is 0 Å². The van der Waals surface area contributed by atoms with Crippen LogP contribution in [0.2, 0.25) is 0 Å². The molecule has 0 aliphatic rings. The van der Waals surface area contributed by atoms with Crippen LogP contribution in [-0.4, -0.2) is 24.9 Å². The maximum absolute atomic E-state index is 12.5. The Kier molecular flexibility index (Phi) is 5.88. The van der Waals surface area contributed by atoms with Crippen LogP contribution >= 0.6 is 11.6 Å². The monoisotopic (exact) mass is 297 g/mol. The molecule has 1 aromatic rings. The topological polar surface area (TPSA) is 38.3 Å². The molecule has 0 radical (unpaired) electrons. The number of nitrogens with one attached hydrogen (secondary N) is 1. The molecule has 0 spiro atoms. The summed E-state index contributed by atoms with van der Waals surface area (Å²) in [6, 6.07) is 5.61. The van der Waals surface area contributed by atoms with Gasteiger partial charge in [-0.1, -0.05) is 32.4 Å². The molecule has 20 heavy (non-hydrogen) atoms. The first-order chi connectivity index (χ1) is 9.29. The van der Waals surface area contributed by atoms with Gasteiger partial charge in [0.1, 0.15) is 5.75 Å². The number of hydrogen-bond acceptors (Lipinski definition) is 2. The third kappa shape index (κ3) is 4.41. The highest BCUT2D eigenvalue weighted by atomic mass is 35.5. The molecule has 0 saturated heterocycles. The third-order valence-electron chi connectivity index (χ3n) is 3.35. The zero-order chi connectivity index (χ0) is 15.3. The molecule has 4 heteroatoms. The van der Waals surface area contributed by atoms with Gasteiger partial charge >= 0.3 is 0 Å². The van der Waals surface area contributed by atoms with E-state index >= 15 is 0 Å². The first-order valence-electron chi connectivity index (χ1n) is 6.81. The number of methoxy groups -OCH3 is 1. The van der Waals surface area contributed by atoms with E-state index in [-0.39, 0.29) is 17.4 Å². The fourth-order valence-corrected chi connectivity index (χ4v) is 2.28. The number of halogens is 1. The predicted octanol–water partition coefficient (Wildman–Crippen LogP) is 3.78. The van der Waals surface area contributed by atoms with Crippen molar-refractivity contribution in [2.24, 2.45) is 5.41 Å². The molecule has 1 amide bonds. The fourth-order valence-electron chi connectivity index (χ4n) is 2.07. The molecule has 1 N–H and O–H groups in total. The van der Waals surface area contributed by atoms with Crippen molar-refractivity contribution in [3.63, 3.8) is 0 Å². The minimum atomic E-state index is -0.115. The summed E-state index contributed by atoms with van der Waals surface area (Å²) in [5.74, 6) is 0.995. The van der Waals surface area contributed by atoms with Gasteiger partial charge in [0, 0.05) is 11.9 Å². The Labute approximate surface area is 126 Å². The highest BCUT2D eigenvalue weighted by Gasteiger charge is 2.26. The van der Waals surface area contributed by atoms with Crippen LogP contribution in [0.3, 0.4) is 0 Å². The van der Waals surface area contributed by atoms with E-state index in [2.05, 4.69) is 26.1 Å². The first kappa shape index (κ1) is 16.8. The minimum Gasteiger partial charge on any atom is -0.496 e. The molecule has 0 aromatic heterocycles. The lowest BCUT2D eigenvalue weighted by atomic mass is 9.85. The van der Waals surface area contributed by atoms with Gasteiger partial charge in [-0.2, -0.15) is 0 Å². The summed E-state index contributed by atoms with van der Waals surface area (Å²) in [7, 11) is 1.57. The lowest BCUT2D eigenvalue weighted by molar-refractivity contribution is 0.0897. The molecule has 3 nitrogen and oxygen atoms in total. The van der Waals surface area contributed by atoms with Crippen molar-refractivity contribution in [1.29, 1.82) is 0 Å². The van der Waals surface area contributed by atoms with Crippen molar-refractivity contribution in [2.45, 2.75) is 40.2 Å². The summed E-state index contributed by atoms with van der Waals surface area (Å²) >= 11 is 5.84. The highest BCUT2D eigenvalue weighted by Crippen LogP contribution is 2.24. The summed E-state index contributed by atoms with van der Waals surface area (Å²) < 4.78 is 5.26. The van der Waals surface area contributed by atoms with Gasteiger partial charge in [0.05, 0.1) is 12.7 Å². The number of rotatable bonds is 5. The largest absolute Gasteiger partial charge is 0.496 e. The van der Waals surface area contributed by atoms with Gasteiger partial charge in [-0.15, -0.1) is 11.6 Å². The van der Waals surface area contributed by atoms with Crippen LogP contribution in [0.5, 0.6) is 5.75 Å². The molecular formula is C16H24ClNO2. The first-order valence-corrected chi connectivity index (χ1v) is 7.34. The zero-order valence-electron chi connectivity index (χ0n) is 12.9. The summed E-state index contributed by atoms with van der Waals surface area (Å²) in [5, 5.41) is 3.07. The third-order valence-corrected chi connectivity index (χ3v) is 3.57. The average Bonchev–Trinajstić information content (AvgIpc) is 2.37. The van der Waals surface area contributed by atoms with Crippen LogP contribution in [0.25, 0.3) is 0 Å². The van der Waals surface area contributed by atoms with Crippen LogP contribution < -0.4 is 10.1 Å². The van der Waals surface area contributed by atoms with Crippen molar-refractivity contribution in [3.8, 4) is 5.75 Å². The highest BCUT2D eigenvalue weighted by molar-refractivity contribution is 6.17. The fraction of sp³-hybridized carbons (Fsp3) is 0.562. The Morgan fingerprint density at radius 3 is 2.55 bits per heavy atom. The van der Waals surface area contributed by atoms with E-state index in [1.807, 2.05) is 25.1 Å². The SMILES string of the molecule is COc1ccc(C)cc1C(=O)NC(CCCl)C(C)(C)C. The van der Waals surface area contributed by atoms with Gasteiger partial charge < -0.3 is 10.1 Å². The second-order valence-electron chi connectivity index (χ2n) is 6.07. The Morgan fingerprint density at radius 1 is 1.40 bits per heavy atom. The van der Waals surface area contributed by atoms with E-state index in [0.29, 0.717) is 17.2 Å². The van der Waals surface area contributed by atoms with Crippen molar-refractivity contribution < 1.29 is 9.53 Å². The Morgan fingerprint density at radius 2 is 2.05 bits per heavy atom. The lowest BCUT2D eigenvalue weighted by Gasteiger charge is -2.31. The molecule has 112 valence electrons. The van der Waals surface area contributed by atoms with Gasteiger partial charge in [-0.25, -0.2) is 0 Å². The molecule has 0 heterocycles. The van der Waals surface area contributed by atoms with Gasteiger partial charge in [0.25, 0.3) is 5.91 Å². The van der Waals surface area contributed by atoms with Crippen LogP contribution in [0, 0.1) is 12.3 Å². The van der Waals surface area contributed by atoms with E-state index in [9.17, 15) is 4.79 Å². The zero-order valence-corrected chi connectivity index (χ0v) is 13.7. The van der Waals surface area contributed by atoms with Gasteiger partial charge in [-0.3, -0.25) is 4.79 Å². The average molecular weight is 298 g/mol. The van der Waals surface area contributed by atoms with E-state index in [1.165, 1.54) is 0 Å². The molecule has 0 fully saturated rings. The number of alkyl halides is 1. The number of ether oxygens (including phenoxy) is 1. The van der Waals surface area contributed by atoms with Crippen molar-refractivity contribution in [2.75, 3.05) is 13.0 Å². The molecule has 0 aliphatic carbocycles. The second kappa shape index (κ2) is 6.98. The molecule has 1 unspecified atom stereocenters. The summed E-state index contributed by atoms with van der Waals surface area (Å²) in [4.78, 5) is 12.5. The standard InChI is InChI=1S/C16H24ClNO2/c1-11-6-7-13(20-5)12(10-11)15(19)18-14(8-9-17)16(2,3)4/h6-7,10,14H,8-9H2,1-5H3,(H,18,19). The molecule has 0 bridgehead atoms. The molecular weight excluding hydrogens is 274 g/mol. The maximum Gasteiger partial charge on any atom is 0.255 e. The number of hydrogen-bond donors (Lipinski definition) is 1. The van der Waals surface area contributed by atoms with E-state index in [4.69, 9.17) is 16.3 Å². The second-order valence-corrected chi connectivity index (χ2v) is 6.45. The Bertz CT molecular complexity index is 466. The van der Waals surface area contributed by atoms with E-state index < -0.39 is 0 Å². The quantitative estimate of drug-likeness (QED) is 0.840. The normalized spacial score (nSPS) is 12.9. The number of carbonyl (C=O) groups is 1. The summed E-state index contributed by atoms with van der Waals surface area (Å²) in [6.07, 6.45) is 0.741. The molecule has 0 saturated carbocycles. The lowest BCUT2D eigenvalue weighted by Crippen LogP contribution is -2.44. The molecule has 1 atom stereocenters. The maximum atomic E-state index is 12.5. The van der Waals surface area contributed by atoms with E-state index in [0.717, 1.165) is 12.0 Å². The van der Waals surface area contributed by atoms with Crippen molar-refractivity contribution in [1.82, 2.24) is 5.32 Å².